The van der Waals surface area contributed by atoms with Gasteiger partial charge < -0.3 is 15.4 Å². The fourth-order valence-corrected chi connectivity index (χ4v) is 2.02. The van der Waals surface area contributed by atoms with E-state index in [2.05, 4.69) is 10.3 Å². The first kappa shape index (κ1) is 13.8. The summed E-state index contributed by atoms with van der Waals surface area (Å²) in [6, 6.07) is 9.65. The smallest absolute Gasteiger partial charge is 0.252 e. The summed E-state index contributed by atoms with van der Waals surface area (Å²) in [5.74, 6) is 0. The average molecular weight is 260 g/mol. The second-order valence-electron chi connectivity index (χ2n) is 4.74. The molecule has 1 heterocycles. The maximum absolute atomic E-state index is 11.9. The molecule has 1 atom stereocenters. The van der Waals surface area contributed by atoms with E-state index in [1.54, 1.807) is 0 Å². The van der Waals surface area contributed by atoms with Crippen molar-refractivity contribution in [2.45, 2.75) is 32.4 Å². The Kier molecular flexibility index (Phi) is 4.71. The summed E-state index contributed by atoms with van der Waals surface area (Å²) >= 11 is 0. The first-order valence-corrected chi connectivity index (χ1v) is 6.70. The Morgan fingerprint density at radius 3 is 2.95 bits per heavy atom. The number of nitrogens with one attached hydrogen (secondary N) is 2. The van der Waals surface area contributed by atoms with Crippen molar-refractivity contribution in [1.29, 1.82) is 0 Å². The predicted molar refractivity (Wildman–Crippen MR) is 77.2 cm³/mol. The molecule has 0 bridgehead atoms. The molecule has 2 aromatic rings. The van der Waals surface area contributed by atoms with E-state index in [4.69, 9.17) is 0 Å². The number of fused-ring (bicyclic) bond motifs is 1. The molecule has 3 N–H and O–H groups in total. The number of rotatable bonds is 6. The van der Waals surface area contributed by atoms with Gasteiger partial charge in [0.1, 0.15) is 0 Å². The van der Waals surface area contributed by atoms with Crippen LogP contribution in [0, 0.1) is 0 Å². The van der Waals surface area contributed by atoms with Gasteiger partial charge in [-0.15, -0.1) is 0 Å². The van der Waals surface area contributed by atoms with Crippen LogP contribution in [-0.2, 0) is 6.54 Å². The third-order valence-corrected chi connectivity index (χ3v) is 3.27. The second kappa shape index (κ2) is 6.50. The zero-order valence-electron chi connectivity index (χ0n) is 11.1. The number of aromatic nitrogens is 1. The fraction of sp³-hybridized carbons (Fsp3) is 0.400. The molecule has 4 nitrogen and oxygen atoms in total. The third-order valence-electron chi connectivity index (χ3n) is 3.27. The van der Waals surface area contributed by atoms with Gasteiger partial charge in [-0.25, -0.2) is 0 Å². The summed E-state index contributed by atoms with van der Waals surface area (Å²) in [5.41, 5.74) is 1.53. The highest BCUT2D eigenvalue weighted by molar-refractivity contribution is 5.78. The molecular formula is C15H20N2O2. The number of para-hydroxylation sites is 1. The lowest BCUT2D eigenvalue weighted by atomic mass is 10.1. The molecule has 1 unspecified atom stereocenters. The van der Waals surface area contributed by atoms with Crippen LogP contribution in [0.15, 0.2) is 35.1 Å². The van der Waals surface area contributed by atoms with Gasteiger partial charge in [-0.3, -0.25) is 4.79 Å². The molecule has 1 aromatic heterocycles. The second-order valence-corrected chi connectivity index (χ2v) is 4.74. The third kappa shape index (κ3) is 3.66. The summed E-state index contributed by atoms with van der Waals surface area (Å²) in [6.45, 7) is 3.19. The molecule has 19 heavy (non-hydrogen) atoms. The Hall–Kier alpha value is -1.65. The minimum absolute atomic E-state index is 0.0535. The van der Waals surface area contributed by atoms with E-state index in [0.29, 0.717) is 19.5 Å². The Bertz CT molecular complexity index is 592. The van der Waals surface area contributed by atoms with E-state index in [1.165, 1.54) is 0 Å². The van der Waals surface area contributed by atoms with Gasteiger partial charge in [0.15, 0.2) is 0 Å². The molecule has 0 aliphatic carbocycles. The minimum atomic E-state index is -0.262. The van der Waals surface area contributed by atoms with Gasteiger partial charge in [-0.2, -0.15) is 0 Å². The fourth-order valence-electron chi connectivity index (χ4n) is 2.02. The van der Waals surface area contributed by atoms with Crippen LogP contribution in [0.1, 0.15) is 25.3 Å². The van der Waals surface area contributed by atoms with Crippen LogP contribution in [0.4, 0.5) is 0 Å². The van der Waals surface area contributed by atoms with Gasteiger partial charge >= 0.3 is 0 Å². The van der Waals surface area contributed by atoms with Crippen molar-refractivity contribution in [3.63, 3.8) is 0 Å². The molecule has 0 radical (unpaired) electrons. The Balaban J connectivity index is 2.00. The number of aliphatic hydroxyl groups excluding tert-OH is 1. The summed E-state index contributed by atoms with van der Waals surface area (Å²) in [5, 5.41) is 13.7. The summed E-state index contributed by atoms with van der Waals surface area (Å²) in [4.78, 5) is 14.7. The van der Waals surface area contributed by atoms with Crippen molar-refractivity contribution in [2.75, 3.05) is 6.54 Å². The van der Waals surface area contributed by atoms with E-state index >= 15 is 0 Å². The first-order chi connectivity index (χ1) is 9.20. The van der Waals surface area contributed by atoms with Crippen LogP contribution in [0.2, 0.25) is 0 Å². The van der Waals surface area contributed by atoms with Crippen molar-refractivity contribution >= 4 is 10.9 Å². The van der Waals surface area contributed by atoms with Gasteiger partial charge in [-0.1, -0.05) is 25.1 Å². The monoisotopic (exact) mass is 260 g/mol. The molecule has 0 spiro atoms. The number of H-pyrrole nitrogens is 1. The molecular weight excluding hydrogens is 240 g/mol. The van der Waals surface area contributed by atoms with Gasteiger partial charge in [-0.05, 0) is 36.9 Å². The summed E-state index contributed by atoms with van der Waals surface area (Å²) in [7, 11) is 0. The van der Waals surface area contributed by atoms with Crippen LogP contribution in [-0.4, -0.2) is 22.7 Å². The molecule has 0 saturated carbocycles. The van der Waals surface area contributed by atoms with Gasteiger partial charge in [0.05, 0.1) is 6.10 Å². The van der Waals surface area contributed by atoms with E-state index in [0.717, 1.165) is 22.9 Å². The number of hydrogen-bond donors (Lipinski definition) is 3. The highest BCUT2D eigenvalue weighted by atomic mass is 16.3. The Labute approximate surface area is 112 Å². The van der Waals surface area contributed by atoms with Gasteiger partial charge in [0, 0.05) is 17.6 Å². The highest BCUT2D eigenvalue weighted by Crippen LogP contribution is 2.09. The molecule has 0 aliphatic rings. The number of pyridine rings is 1. The van der Waals surface area contributed by atoms with Crippen LogP contribution < -0.4 is 10.9 Å². The maximum Gasteiger partial charge on any atom is 0.252 e. The lowest BCUT2D eigenvalue weighted by molar-refractivity contribution is 0.159. The quantitative estimate of drug-likeness (QED) is 0.694. The Morgan fingerprint density at radius 1 is 1.37 bits per heavy atom. The molecule has 102 valence electrons. The van der Waals surface area contributed by atoms with Gasteiger partial charge in [0.2, 0.25) is 0 Å². The normalized spacial score (nSPS) is 12.7. The average Bonchev–Trinajstić information content (AvgIpc) is 2.43. The van der Waals surface area contributed by atoms with Gasteiger partial charge in [0.25, 0.3) is 5.56 Å². The van der Waals surface area contributed by atoms with Crippen LogP contribution >= 0.6 is 0 Å². The van der Waals surface area contributed by atoms with E-state index in [9.17, 15) is 9.90 Å². The summed E-state index contributed by atoms with van der Waals surface area (Å²) in [6.07, 6.45) is 1.21. The van der Waals surface area contributed by atoms with E-state index in [-0.39, 0.29) is 11.7 Å². The summed E-state index contributed by atoms with van der Waals surface area (Å²) < 4.78 is 0. The molecule has 0 aliphatic heterocycles. The molecule has 0 amide bonds. The largest absolute Gasteiger partial charge is 0.393 e. The maximum atomic E-state index is 11.9. The topological polar surface area (TPSA) is 65.1 Å². The number of aromatic amines is 1. The van der Waals surface area contributed by atoms with Crippen molar-refractivity contribution in [3.05, 3.63) is 46.2 Å². The van der Waals surface area contributed by atoms with Crippen molar-refractivity contribution in [2.24, 2.45) is 0 Å². The Morgan fingerprint density at radius 2 is 2.16 bits per heavy atom. The number of aliphatic hydroxyl groups is 1. The standard InChI is InChI=1S/C15H20N2O2/c1-2-13(18)7-8-16-10-12-9-11-5-3-4-6-14(11)17-15(12)19/h3-6,9,13,16,18H,2,7-8,10H2,1H3,(H,17,19). The number of hydrogen-bond acceptors (Lipinski definition) is 3. The minimum Gasteiger partial charge on any atom is -0.393 e. The van der Waals surface area contributed by atoms with Crippen LogP contribution in [0.5, 0.6) is 0 Å². The number of benzene rings is 1. The molecule has 4 heteroatoms. The van der Waals surface area contributed by atoms with E-state index < -0.39 is 0 Å². The van der Waals surface area contributed by atoms with Crippen LogP contribution in [0.3, 0.4) is 0 Å². The van der Waals surface area contributed by atoms with Crippen LogP contribution in [0.25, 0.3) is 10.9 Å². The van der Waals surface area contributed by atoms with E-state index in [1.807, 2.05) is 37.3 Å². The van der Waals surface area contributed by atoms with Crippen molar-refractivity contribution in [1.82, 2.24) is 10.3 Å². The van der Waals surface area contributed by atoms with Crippen molar-refractivity contribution < 1.29 is 5.11 Å². The zero-order chi connectivity index (χ0) is 13.7. The molecule has 2 rings (SSSR count). The molecule has 0 saturated heterocycles. The lowest BCUT2D eigenvalue weighted by Crippen LogP contribution is -2.24. The van der Waals surface area contributed by atoms with Crippen molar-refractivity contribution in [3.8, 4) is 0 Å². The highest BCUT2D eigenvalue weighted by Gasteiger charge is 2.03. The lowest BCUT2D eigenvalue weighted by Gasteiger charge is -2.09. The molecule has 1 aromatic carbocycles. The SMILES string of the molecule is CCC(O)CCNCc1cc2ccccc2[nH]c1=O. The first-order valence-electron chi connectivity index (χ1n) is 6.70. The zero-order valence-corrected chi connectivity index (χ0v) is 11.1. The predicted octanol–water partition coefficient (Wildman–Crippen LogP) is 1.78. The molecule has 0 fully saturated rings.